The molecule has 0 aromatic rings. The molecular formula is C9H20N2. The van der Waals surface area contributed by atoms with Crippen LogP contribution in [0.4, 0.5) is 0 Å². The molecule has 1 aliphatic heterocycles. The Kier molecular flexibility index (Phi) is 2.90. The highest BCUT2D eigenvalue weighted by molar-refractivity contribution is 4.92. The minimum Gasteiger partial charge on any atom is -0.314 e. The number of likely N-dealkylation sites (N-methyl/N-ethyl adjacent to an activating group) is 1. The SMILES string of the molecule is CCC1(CC)CNCCN1C. The van der Waals surface area contributed by atoms with Crippen molar-refractivity contribution in [2.45, 2.75) is 32.2 Å². The summed E-state index contributed by atoms with van der Waals surface area (Å²) in [5, 5.41) is 3.47. The molecule has 2 heteroatoms. The quantitative estimate of drug-likeness (QED) is 0.643. The topological polar surface area (TPSA) is 15.3 Å². The molecule has 0 aromatic carbocycles. The summed E-state index contributed by atoms with van der Waals surface area (Å²) in [6, 6.07) is 0. The highest BCUT2D eigenvalue weighted by Gasteiger charge is 2.32. The summed E-state index contributed by atoms with van der Waals surface area (Å²) in [5.74, 6) is 0. The number of nitrogens with one attached hydrogen (secondary N) is 1. The summed E-state index contributed by atoms with van der Waals surface area (Å²) in [4.78, 5) is 2.50. The van der Waals surface area contributed by atoms with Crippen LogP contribution in [0.15, 0.2) is 0 Å². The van der Waals surface area contributed by atoms with E-state index in [-0.39, 0.29) is 0 Å². The normalized spacial score (nSPS) is 25.4. The zero-order chi connectivity index (χ0) is 8.32. The minimum atomic E-state index is 0.443. The van der Waals surface area contributed by atoms with Crippen LogP contribution in [-0.2, 0) is 0 Å². The van der Waals surface area contributed by atoms with Crippen molar-refractivity contribution in [1.29, 1.82) is 0 Å². The fourth-order valence-corrected chi connectivity index (χ4v) is 1.98. The van der Waals surface area contributed by atoms with E-state index in [9.17, 15) is 0 Å². The zero-order valence-corrected chi connectivity index (χ0v) is 7.98. The van der Waals surface area contributed by atoms with Gasteiger partial charge in [0, 0.05) is 25.2 Å². The smallest absolute Gasteiger partial charge is 0.0326 e. The number of nitrogens with zero attached hydrogens (tertiary/aromatic N) is 1. The van der Waals surface area contributed by atoms with E-state index in [2.05, 4.69) is 31.1 Å². The van der Waals surface area contributed by atoms with Gasteiger partial charge in [-0.3, -0.25) is 4.90 Å². The van der Waals surface area contributed by atoms with Crippen LogP contribution in [-0.4, -0.2) is 37.1 Å². The van der Waals surface area contributed by atoms with E-state index in [1.54, 1.807) is 0 Å². The Balaban J connectivity index is 2.61. The molecule has 1 fully saturated rings. The molecule has 0 unspecified atom stereocenters. The van der Waals surface area contributed by atoms with E-state index in [4.69, 9.17) is 0 Å². The van der Waals surface area contributed by atoms with Crippen molar-refractivity contribution in [2.75, 3.05) is 26.7 Å². The molecule has 11 heavy (non-hydrogen) atoms. The van der Waals surface area contributed by atoms with Gasteiger partial charge in [0.2, 0.25) is 0 Å². The van der Waals surface area contributed by atoms with Crippen molar-refractivity contribution < 1.29 is 0 Å². The summed E-state index contributed by atoms with van der Waals surface area (Å²) in [7, 11) is 2.24. The monoisotopic (exact) mass is 156 g/mol. The molecule has 1 aliphatic rings. The average molecular weight is 156 g/mol. The molecule has 0 aromatic heterocycles. The van der Waals surface area contributed by atoms with Crippen LogP contribution in [0.1, 0.15) is 26.7 Å². The van der Waals surface area contributed by atoms with Crippen LogP contribution in [0.2, 0.25) is 0 Å². The predicted octanol–water partition coefficient (Wildman–Crippen LogP) is 1.08. The standard InChI is InChI=1S/C9H20N2/c1-4-9(5-2)8-10-6-7-11(9)3/h10H,4-8H2,1-3H3. The van der Waals surface area contributed by atoms with Gasteiger partial charge in [-0.25, -0.2) is 0 Å². The molecule has 0 atom stereocenters. The molecule has 2 nitrogen and oxygen atoms in total. The summed E-state index contributed by atoms with van der Waals surface area (Å²) in [5.41, 5.74) is 0.443. The van der Waals surface area contributed by atoms with Gasteiger partial charge in [-0.1, -0.05) is 13.8 Å². The van der Waals surface area contributed by atoms with Crippen LogP contribution in [0, 0.1) is 0 Å². The highest BCUT2D eigenvalue weighted by Crippen LogP contribution is 2.23. The molecule has 0 saturated carbocycles. The third kappa shape index (κ3) is 1.57. The first-order valence-electron chi connectivity index (χ1n) is 4.67. The third-order valence-corrected chi connectivity index (χ3v) is 3.20. The van der Waals surface area contributed by atoms with Gasteiger partial charge >= 0.3 is 0 Å². The maximum Gasteiger partial charge on any atom is 0.0326 e. The lowest BCUT2D eigenvalue weighted by molar-refractivity contribution is 0.0794. The van der Waals surface area contributed by atoms with Gasteiger partial charge in [0.1, 0.15) is 0 Å². The van der Waals surface area contributed by atoms with Gasteiger partial charge in [0.15, 0.2) is 0 Å². The second-order valence-electron chi connectivity index (χ2n) is 3.53. The van der Waals surface area contributed by atoms with E-state index in [1.165, 1.54) is 19.4 Å². The molecule has 0 radical (unpaired) electrons. The van der Waals surface area contributed by atoms with Gasteiger partial charge in [-0.05, 0) is 19.9 Å². The molecule has 1 heterocycles. The molecule has 66 valence electrons. The largest absolute Gasteiger partial charge is 0.314 e. The molecule has 0 spiro atoms. The van der Waals surface area contributed by atoms with Crippen molar-refractivity contribution in [3.8, 4) is 0 Å². The molecule has 1 N–H and O–H groups in total. The van der Waals surface area contributed by atoms with E-state index in [0.717, 1.165) is 13.1 Å². The number of piperazine rings is 1. The molecular weight excluding hydrogens is 136 g/mol. The van der Waals surface area contributed by atoms with Crippen molar-refractivity contribution >= 4 is 0 Å². The molecule has 1 saturated heterocycles. The second kappa shape index (κ2) is 3.55. The predicted molar refractivity (Wildman–Crippen MR) is 48.8 cm³/mol. The van der Waals surface area contributed by atoms with Crippen molar-refractivity contribution in [2.24, 2.45) is 0 Å². The Morgan fingerprint density at radius 3 is 2.36 bits per heavy atom. The first-order chi connectivity index (χ1) is 5.25. The fourth-order valence-electron chi connectivity index (χ4n) is 1.98. The Morgan fingerprint density at radius 2 is 2.00 bits per heavy atom. The molecule has 0 bridgehead atoms. The Hall–Kier alpha value is -0.0800. The summed E-state index contributed by atoms with van der Waals surface area (Å²) < 4.78 is 0. The van der Waals surface area contributed by atoms with Crippen molar-refractivity contribution in [3.63, 3.8) is 0 Å². The van der Waals surface area contributed by atoms with E-state index >= 15 is 0 Å². The van der Waals surface area contributed by atoms with Crippen LogP contribution in [0.25, 0.3) is 0 Å². The van der Waals surface area contributed by atoms with Crippen molar-refractivity contribution in [3.05, 3.63) is 0 Å². The maximum absolute atomic E-state index is 3.47. The average Bonchev–Trinajstić information content (AvgIpc) is 2.06. The number of hydrogen-bond donors (Lipinski definition) is 1. The van der Waals surface area contributed by atoms with Crippen molar-refractivity contribution in [1.82, 2.24) is 10.2 Å². The Morgan fingerprint density at radius 1 is 1.36 bits per heavy atom. The first-order valence-corrected chi connectivity index (χ1v) is 4.67. The highest BCUT2D eigenvalue weighted by atomic mass is 15.2. The lowest BCUT2D eigenvalue weighted by Crippen LogP contribution is -2.58. The van der Waals surface area contributed by atoms with E-state index in [1.807, 2.05) is 0 Å². The third-order valence-electron chi connectivity index (χ3n) is 3.20. The van der Waals surface area contributed by atoms with Crippen LogP contribution in [0.5, 0.6) is 0 Å². The lowest BCUT2D eigenvalue weighted by Gasteiger charge is -2.44. The van der Waals surface area contributed by atoms with Crippen LogP contribution >= 0.6 is 0 Å². The Bertz CT molecular complexity index is 119. The summed E-state index contributed by atoms with van der Waals surface area (Å²) in [6.45, 7) is 8.08. The molecule has 0 aliphatic carbocycles. The number of rotatable bonds is 2. The zero-order valence-electron chi connectivity index (χ0n) is 7.98. The summed E-state index contributed by atoms with van der Waals surface area (Å²) in [6.07, 6.45) is 2.51. The second-order valence-corrected chi connectivity index (χ2v) is 3.53. The first kappa shape index (κ1) is 9.01. The van der Waals surface area contributed by atoms with Gasteiger partial charge < -0.3 is 5.32 Å². The van der Waals surface area contributed by atoms with Gasteiger partial charge in [-0.15, -0.1) is 0 Å². The Labute approximate surface area is 70.0 Å². The molecule has 0 amide bonds. The maximum atomic E-state index is 3.47. The molecule has 1 rings (SSSR count). The van der Waals surface area contributed by atoms with Crippen LogP contribution < -0.4 is 5.32 Å². The van der Waals surface area contributed by atoms with Gasteiger partial charge in [0.25, 0.3) is 0 Å². The fraction of sp³-hybridized carbons (Fsp3) is 1.00. The van der Waals surface area contributed by atoms with E-state index < -0.39 is 0 Å². The lowest BCUT2D eigenvalue weighted by atomic mass is 9.89. The van der Waals surface area contributed by atoms with Crippen LogP contribution in [0.3, 0.4) is 0 Å². The van der Waals surface area contributed by atoms with Gasteiger partial charge in [0.05, 0.1) is 0 Å². The van der Waals surface area contributed by atoms with E-state index in [0.29, 0.717) is 5.54 Å². The van der Waals surface area contributed by atoms with Gasteiger partial charge in [-0.2, -0.15) is 0 Å². The number of hydrogen-bond acceptors (Lipinski definition) is 2. The minimum absolute atomic E-state index is 0.443. The summed E-state index contributed by atoms with van der Waals surface area (Å²) >= 11 is 0.